The minimum absolute atomic E-state index is 0.0878. The van der Waals surface area contributed by atoms with E-state index in [0.29, 0.717) is 37.4 Å². The van der Waals surface area contributed by atoms with Crippen LogP contribution < -0.4 is 5.43 Å². The normalized spacial score (nSPS) is 18.7. The number of hydrogen-bond donors (Lipinski definition) is 1. The van der Waals surface area contributed by atoms with E-state index in [0.717, 1.165) is 5.56 Å². The number of nitrogens with one attached hydrogen (secondary N) is 1. The Morgan fingerprint density at radius 3 is 2.88 bits per heavy atom. The van der Waals surface area contributed by atoms with E-state index in [1.165, 1.54) is 5.01 Å². The lowest BCUT2D eigenvalue weighted by atomic mass is 9.85. The van der Waals surface area contributed by atoms with Crippen molar-refractivity contribution in [3.63, 3.8) is 0 Å². The summed E-state index contributed by atoms with van der Waals surface area (Å²) in [6.07, 6.45) is 0.694. The summed E-state index contributed by atoms with van der Waals surface area (Å²) in [7, 11) is 0. The molecule has 0 radical (unpaired) electrons. The summed E-state index contributed by atoms with van der Waals surface area (Å²) < 4.78 is 10.3. The number of fused-ring (bicyclic) bond motifs is 1. The fourth-order valence-corrected chi connectivity index (χ4v) is 2.93. The lowest BCUT2D eigenvalue weighted by molar-refractivity contribution is -0.0532. The van der Waals surface area contributed by atoms with E-state index in [1.807, 2.05) is 25.1 Å². The largest absolute Gasteiger partial charge is 0.379 e. The summed E-state index contributed by atoms with van der Waals surface area (Å²) in [5.41, 5.74) is 4.69. The maximum absolute atomic E-state index is 12.5. The molecule has 1 aromatic carbocycles. The van der Waals surface area contributed by atoms with Gasteiger partial charge >= 0.3 is 5.91 Å². The molecule has 2 amide bonds. The van der Waals surface area contributed by atoms with Gasteiger partial charge in [-0.3, -0.25) is 15.0 Å². The van der Waals surface area contributed by atoms with E-state index in [1.54, 1.807) is 12.1 Å². The molecule has 1 aromatic heterocycles. The van der Waals surface area contributed by atoms with Gasteiger partial charge in [-0.05, 0) is 25.0 Å². The molecule has 0 atom stereocenters. The Morgan fingerprint density at radius 1 is 1.33 bits per heavy atom. The zero-order chi connectivity index (χ0) is 16.7. The quantitative estimate of drug-likeness (QED) is 0.919. The van der Waals surface area contributed by atoms with Crippen LogP contribution >= 0.6 is 0 Å². The number of carbonyl (C=O) groups excluding carboxylic acids is 2. The predicted octanol–water partition coefficient (Wildman–Crippen LogP) is 1.31. The van der Waals surface area contributed by atoms with E-state index in [9.17, 15) is 9.59 Å². The smallest absolute Gasteiger partial charge is 0.308 e. The summed E-state index contributed by atoms with van der Waals surface area (Å²) in [4.78, 5) is 24.8. The van der Waals surface area contributed by atoms with Crippen LogP contribution in [0.5, 0.6) is 0 Å². The van der Waals surface area contributed by atoms with Gasteiger partial charge in [0, 0.05) is 18.2 Å². The van der Waals surface area contributed by atoms with E-state index >= 15 is 0 Å². The van der Waals surface area contributed by atoms with Crippen LogP contribution in [0.15, 0.2) is 34.9 Å². The molecule has 0 spiro atoms. The predicted molar refractivity (Wildman–Crippen MR) is 83.3 cm³/mol. The van der Waals surface area contributed by atoms with Crippen molar-refractivity contribution in [1.29, 1.82) is 0 Å². The highest BCUT2D eigenvalue weighted by Crippen LogP contribution is 2.31. The van der Waals surface area contributed by atoms with Gasteiger partial charge in [0.1, 0.15) is 0 Å². The third kappa shape index (κ3) is 2.37. The summed E-state index contributed by atoms with van der Waals surface area (Å²) >= 11 is 0. The molecule has 7 heteroatoms. The van der Waals surface area contributed by atoms with Crippen LogP contribution in [0.25, 0.3) is 0 Å². The minimum atomic E-state index is -0.481. The van der Waals surface area contributed by atoms with Crippen molar-refractivity contribution in [3.8, 4) is 0 Å². The summed E-state index contributed by atoms with van der Waals surface area (Å²) in [6.45, 7) is 3.54. The third-order valence-corrected chi connectivity index (χ3v) is 4.53. The van der Waals surface area contributed by atoms with Crippen LogP contribution in [0, 0.1) is 0 Å². The Kier molecular flexibility index (Phi) is 3.38. The second-order valence-electron chi connectivity index (χ2n) is 6.43. The summed E-state index contributed by atoms with van der Waals surface area (Å²) in [6, 6.07) is 9.02. The van der Waals surface area contributed by atoms with Crippen molar-refractivity contribution in [2.75, 3.05) is 19.8 Å². The number of aromatic nitrogens is 1. The van der Waals surface area contributed by atoms with Crippen LogP contribution in [0.1, 0.15) is 39.1 Å². The third-order valence-electron chi connectivity index (χ3n) is 4.53. The molecule has 2 aliphatic heterocycles. The number of hydrazine groups is 1. The Bertz CT molecular complexity index is 810. The maximum Gasteiger partial charge on any atom is 0.308 e. The van der Waals surface area contributed by atoms with Crippen LogP contribution in [-0.2, 0) is 16.6 Å². The van der Waals surface area contributed by atoms with Gasteiger partial charge in [-0.2, -0.15) is 0 Å². The molecular formula is C17H17N3O4. The van der Waals surface area contributed by atoms with Crippen LogP contribution in [0.3, 0.4) is 0 Å². The van der Waals surface area contributed by atoms with Crippen molar-refractivity contribution < 1.29 is 18.8 Å². The van der Waals surface area contributed by atoms with Crippen molar-refractivity contribution >= 4 is 11.8 Å². The average molecular weight is 327 g/mol. The van der Waals surface area contributed by atoms with Gasteiger partial charge in [0.2, 0.25) is 5.76 Å². The van der Waals surface area contributed by atoms with Gasteiger partial charge in [-0.15, -0.1) is 0 Å². The van der Waals surface area contributed by atoms with Gasteiger partial charge in [-0.25, -0.2) is 5.01 Å². The van der Waals surface area contributed by atoms with Crippen molar-refractivity contribution in [2.24, 2.45) is 0 Å². The molecule has 4 rings (SSSR count). The van der Waals surface area contributed by atoms with Crippen LogP contribution in [-0.4, -0.2) is 41.7 Å². The fraction of sp³-hybridized carbons (Fsp3) is 0.353. The monoisotopic (exact) mass is 327 g/mol. The Balaban J connectivity index is 1.48. The molecular weight excluding hydrogens is 310 g/mol. The first-order valence-electron chi connectivity index (χ1n) is 7.82. The SMILES string of the molecule is CC1(c2cc(C(=O)NN3CCc4ccccc4C3=O)on2)COC1. The summed E-state index contributed by atoms with van der Waals surface area (Å²) in [5.74, 6) is -0.612. The molecule has 124 valence electrons. The lowest BCUT2D eigenvalue weighted by Crippen LogP contribution is -2.49. The second-order valence-corrected chi connectivity index (χ2v) is 6.43. The van der Waals surface area contributed by atoms with E-state index < -0.39 is 5.91 Å². The standard InChI is InChI=1S/C17H17N3O4/c1-17(9-23-10-17)14-8-13(24-19-14)15(21)18-20-7-6-11-4-2-3-5-12(11)16(20)22/h2-5,8H,6-7,9-10H2,1H3,(H,18,21). The van der Waals surface area contributed by atoms with E-state index in [-0.39, 0.29) is 17.1 Å². The molecule has 24 heavy (non-hydrogen) atoms. The fourth-order valence-electron chi connectivity index (χ4n) is 2.93. The second kappa shape index (κ2) is 5.45. The number of rotatable bonds is 3. The van der Waals surface area contributed by atoms with Crippen molar-refractivity contribution in [1.82, 2.24) is 15.6 Å². The van der Waals surface area contributed by atoms with Crippen LogP contribution in [0.2, 0.25) is 0 Å². The summed E-state index contributed by atoms with van der Waals surface area (Å²) in [5, 5.41) is 5.28. The number of ether oxygens (including phenoxy) is 1. The van der Waals surface area contributed by atoms with Crippen LogP contribution in [0.4, 0.5) is 0 Å². The van der Waals surface area contributed by atoms with E-state index in [2.05, 4.69) is 10.6 Å². The molecule has 3 heterocycles. The number of amides is 2. The number of benzene rings is 1. The molecule has 0 bridgehead atoms. The van der Waals surface area contributed by atoms with Gasteiger partial charge < -0.3 is 9.26 Å². The molecule has 2 aromatic rings. The molecule has 7 nitrogen and oxygen atoms in total. The highest BCUT2D eigenvalue weighted by molar-refractivity contribution is 5.99. The minimum Gasteiger partial charge on any atom is -0.379 e. The molecule has 0 unspecified atom stereocenters. The average Bonchev–Trinajstić information content (AvgIpc) is 3.06. The zero-order valence-electron chi connectivity index (χ0n) is 13.2. The molecule has 1 N–H and O–H groups in total. The molecule has 0 saturated carbocycles. The molecule has 2 aliphatic rings. The maximum atomic E-state index is 12.5. The Morgan fingerprint density at radius 2 is 2.12 bits per heavy atom. The zero-order valence-corrected chi connectivity index (χ0v) is 13.2. The van der Waals surface area contributed by atoms with Crippen molar-refractivity contribution in [2.45, 2.75) is 18.8 Å². The van der Waals surface area contributed by atoms with Gasteiger partial charge in [-0.1, -0.05) is 23.4 Å². The first kappa shape index (κ1) is 14.9. The van der Waals surface area contributed by atoms with Gasteiger partial charge in [0.05, 0.1) is 24.3 Å². The first-order valence-corrected chi connectivity index (χ1v) is 7.82. The lowest BCUT2D eigenvalue weighted by Gasteiger charge is -2.35. The highest BCUT2D eigenvalue weighted by Gasteiger charge is 2.39. The first-order chi connectivity index (χ1) is 11.6. The number of nitrogens with zero attached hydrogens (tertiary/aromatic N) is 2. The molecule has 0 aliphatic carbocycles. The van der Waals surface area contributed by atoms with Gasteiger partial charge in [0.15, 0.2) is 0 Å². The number of carbonyl (C=O) groups is 2. The Labute approximate surface area is 138 Å². The Hall–Kier alpha value is -2.67. The van der Waals surface area contributed by atoms with E-state index in [4.69, 9.17) is 9.26 Å². The molecule has 1 fully saturated rings. The van der Waals surface area contributed by atoms with Crippen molar-refractivity contribution in [3.05, 3.63) is 52.9 Å². The topological polar surface area (TPSA) is 84.7 Å². The number of hydrogen-bond acceptors (Lipinski definition) is 5. The molecule has 1 saturated heterocycles. The van der Waals surface area contributed by atoms with Gasteiger partial charge in [0.25, 0.3) is 5.91 Å². The highest BCUT2D eigenvalue weighted by atomic mass is 16.5.